The van der Waals surface area contributed by atoms with E-state index in [1.807, 2.05) is 18.2 Å². The largest absolute Gasteiger partial charge is 0.314 e. The maximum absolute atomic E-state index is 6.52. The van der Waals surface area contributed by atoms with Crippen molar-refractivity contribution in [2.45, 2.75) is 6.04 Å². The number of thiazole rings is 1. The number of hydrogen-bond acceptors (Lipinski definition) is 4. The summed E-state index contributed by atoms with van der Waals surface area (Å²) in [5.41, 5.74) is 2.22. The maximum Gasteiger partial charge on any atom is 0.116 e. The predicted molar refractivity (Wildman–Crippen MR) is 97.4 cm³/mol. The summed E-state index contributed by atoms with van der Waals surface area (Å²) in [6, 6.07) is 16.6. The van der Waals surface area contributed by atoms with Crippen LogP contribution in [0, 0.1) is 0 Å². The minimum Gasteiger partial charge on any atom is -0.314 e. The zero-order valence-corrected chi connectivity index (χ0v) is 14.3. The van der Waals surface area contributed by atoms with Gasteiger partial charge in [0.1, 0.15) is 5.01 Å². The molecule has 2 heterocycles. The van der Waals surface area contributed by atoms with E-state index in [9.17, 15) is 0 Å². The number of para-hydroxylation sites is 1. The number of fused-ring (bicyclic) bond motifs is 1. The van der Waals surface area contributed by atoms with Crippen molar-refractivity contribution < 1.29 is 0 Å². The average Bonchev–Trinajstić information content (AvgIpc) is 3.01. The molecule has 1 aliphatic heterocycles. The highest BCUT2D eigenvalue weighted by Crippen LogP contribution is 2.37. The number of hydrogen-bond donors (Lipinski definition) is 1. The Morgan fingerprint density at radius 1 is 1.04 bits per heavy atom. The monoisotopic (exact) mass is 343 g/mol. The molecule has 1 atom stereocenters. The molecule has 0 aliphatic carbocycles. The Bertz CT molecular complexity index is 778. The molecule has 1 unspecified atom stereocenters. The first-order valence-electron chi connectivity index (χ1n) is 7.87. The third kappa shape index (κ3) is 3.00. The van der Waals surface area contributed by atoms with Crippen molar-refractivity contribution in [2.75, 3.05) is 26.2 Å². The van der Waals surface area contributed by atoms with Crippen LogP contribution in [0.25, 0.3) is 10.2 Å². The van der Waals surface area contributed by atoms with Crippen LogP contribution < -0.4 is 5.32 Å². The SMILES string of the molecule is Clc1ccccc1C(c1nc2ccccc2s1)N1CCNCC1. The summed E-state index contributed by atoms with van der Waals surface area (Å²) < 4.78 is 1.23. The second kappa shape index (κ2) is 6.57. The van der Waals surface area contributed by atoms with Gasteiger partial charge in [-0.05, 0) is 23.8 Å². The lowest BCUT2D eigenvalue weighted by atomic mass is 10.0. The number of benzene rings is 2. The zero-order valence-electron chi connectivity index (χ0n) is 12.7. The molecular formula is C18H18ClN3S. The molecule has 0 amide bonds. The third-order valence-corrected chi connectivity index (χ3v) is 5.69. The summed E-state index contributed by atoms with van der Waals surface area (Å²) in [6.07, 6.45) is 0. The molecule has 0 bridgehead atoms. The predicted octanol–water partition coefficient (Wildman–Crippen LogP) is 3.94. The zero-order chi connectivity index (χ0) is 15.6. The molecule has 0 saturated carbocycles. The van der Waals surface area contributed by atoms with Gasteiger partial charge in [-0.25, -0.2) is 4.98 Å². The quantitative estimate of drug-likeness (QED) is 0.780. The van der Waals surface area contributed by atoms with Gasteiger partial charge in [0.2, 0.25) is 0 Å². The molecule has 1 N–H and O–H groups in total. The molecule has 5 heteroatoms. The van der Waals surface area contributed by atoms with Crippen molar-refractivity contribution in [2.24, 2.45) is 0 Å². The fraction of sp³-hybridized carbons (Fsp3) is 0.278. The van der Waals surface area contributed by atoms with Crippen LogP contribution in [-0.2, 0) is 0 Å². The van der Waals surface area contributed by atoms with Crippen molar-refractivity contribution in [1.82, 2.24) is 15.2 Å². The molecule has 23 heavy (non-hydrogen) atoms. The summed E-state index contributed by atoms with van der Waals surface area (Å²) in [5.74, 6) is 0. The lowest BCUT2D eigenvalue weighted by Gasteiger charge is -2.34. The van der Waals surface area contributed by atoms with E-state index >= 15 is 0 Å². The highest BCUT2D eigenvalue weighted by Gasteiger charge is 2.28. The van der Waals surface area contributed by atoms with Crippen molar-refractivity contribution >= 4 is 33.2 Å². The molecule has 1 aromatic heterocycles. The van der Waals surface area contributed by atoms with Crippen LogP contribution in [0.2, 0.25) is 5.02 Å². The van der Waals surface area contributed by atoms with Gasteiger partial charge in [0.25, 0.3) is 0 Å². The Kier molecular flexibility index (Phi) is 4.31. The number of piperazine rings is 1. The number of aromatic nitrogens is 1. The van der Waals surface area contributed by atoms with Crippen molar-refractivity contribution in [3.8, 4) is 0 Å². The lowest BCUT2D eigenvalue weighted by molar-refractivity contribution is 0.198. The maximum atomic E-state index is 6.52. The van der Waals surface area contributed by atoms with Crippen LogP contribution in [0.4, 0.5) is 0 Å². The minimum absolute atomic E-state index is 0.128. The van der Waals surface area contributed by atoms with E-state index in [2.05, 4.69) is 40.5 Å². The van der Waals surface area contributed by atoms with Gasteiger partial charge in [-0.3, -0.25) is 4.90 Å². The molecule has 0 radical (unpaired) electrons. The summed E-state index contributed by atoms with van der Waals surface area (Å²) in [5, 5.41) is 5.36. The number of halogens is 1. The topological polar surface area (TPSA) is 28.2 Å². The van der Waals surface area contributed by atoms with Gasteiger partial charge in [0.15, 0.2) is 0 Å². The molecule has 2 aromatic carbocycles. The molecule has 3 aromatic rings. The highest BCUT2D eigenvalue weighted by atomic mass is 35.5. The minimum atomic E-state index is 0.128. The Hall–Kier alpha value is -1.46. The van der Waals surface area contributed by atoms with Gasteiger partial charge in [0.05, 0.1) is 16.3 Å². The second-order valence-corrected chi connectivity index (χ2v) is 7.20. The average molecular weight is 344 g/mol. The summed E-state index contributed by atoms with van der Waals surface area (Å²) in [6.45, 7) is 4.02. The Morgan fingerprint density at radius 3 is 2.57 bits per heavy atom. The summed E-state index contributed by atoms with van der Waals surface area (Å²) >= 11 is 8.29. The number of nitrogens with zero attached hydrogens (tertiary/aromatic N) is 2. The van der Waals surface area contributed by atoms with E-state index in [-0.39, 0.29) is 6.04 Å². The Balaban J connectivity index is 1.82. The molecule has 118 valence electrons. The first-order valence-corrected chi connectivity index (χ1v) is 9.07. The van der Waals surface area contributed by atoms with E-state index in [4.69, 9.17) is 16.6 Å². The fourth-order valence-corrected chi connectivity index (χ4v) is 4.49. The van der Waals surface area contributed by atoms with E-state index < -0.39 is 0 Å². The Morgan fingerprint density at radius 2 is 1.78 bits per heavy atom. The van der Waals surface area contributed by atoms with Crippen LogP contribution in [-0.4, -0.2) is 36.1 Å². The Labute approximate surface area is 144 Å². The normalized spacial score (nSPS) is 17.4. The van der Waals surface area contributed by atoms with Crippen LogP contribution >= 0.6 is 22.9 Å². The number of rotatable bonds is 3. The molecule has 0 spiro atoms. The molecule has 1 aliphatic rings. The number of nitrogens with one attached hydrogen (secondary N) is 1. The first-order chi connectivity index (χ1) is 11.3. The summed E-state index contributed by atoms with van der Waals surface area (Å²) in [7, 11) is 0. The molecular weight excluding hydrogens is 326 g/mol. The highest BCUT2D eigenvalue weighted by molar-refractivity contribution is 7.18. The van der Waals surface area contributed by atoms with E-state index in [0.29, 0.717) is 0 Å². The smallest absolute Gasteiger partial charge is 0.116 e. The van der Waals surface area contributed by atoms with Crippen molar-refractivity contribution in [3.63, 3.8) is 0 Å². The van der Waals surface area contributed by atoms with Gasteiger partial charge < -0.3 is 5.32 Å². The molecule has 4 rings (SSSR count). The second-order valence-electron chi connectivity index (χ2n) is 5.73. The van der Waals surface area contributed by atoms with Gasteiger partial charge in [-0.15, -0.1) is 11.3 Å². The van der Waals surface area contributed by atoms with Crippen LogP contribution in [0.5, 0.6) is 0 Å². The van der Waals surface area contributed by atoms with Crippen LogP contribution in [0.1, 0.15) is 16.6 Å². The first kappa shape index (κ1) is 15.1. The van der Waals surface area contributed by atoms with Crippen molar-refractivity contribution in [3.05, 3.63) is 64.1 Å². The molecule has 1 saturated heterocycles. The van der Waals surface area contributed by atoms with E-state index in [0.717, 1.165) is 47.3 Å². The third-order valence-electron chi connectivity index (χ3n) is 4.26. The standard InChI is InChI=1S/C18H18ClN3S/c19-14-6-2-1-5-13(14)17(22-11-9-20-10-12-22)18-21-15-7-3-4-8-16(15)23-18/h1-8,17,20H,9-12H2. The van der Waals surface area contributed by atoms with Gasteiger partial charge in [0, 0.05) is 31.2 Å². The molecule has 1 fully saturated rings. The summed E-state index contributed by atoms with van der Waals surface area (Å²) in [4.78, 5) is 7.39. The van der Waals surface area contributed by atoms with E-state index in [1.54, 1.807) is 11.3 Å². The van der Waals surface area contributed by atoms with Gasteiger partial charge in [-0.1, -0.05) is 41.9 Å². The van der Waals surface area contributed by atoms with Gasteiger partial charge in [-0.2, -0.15) is 0 Å². The van der Waals surface area contributed by atoms with Crippen LogP contribution in [0.3, 0.4) is 0 Å². The van der Waals surface area contributed by atoms with Gasteiger partial charge >= 0.3 is 0 Å². The van der Waals surface area contributed by atoms with Crippen LogP contribution in [0.15, 0.2) is 48.5 Å². The van der Waals surface area contributed by atoms with Crippen molar-refractivity contribution in [1.29, 1.82) is 0 Å². The van der Waals surface area contributed by atoms with E-state index in [1.165, 1.54) is 4.70 Å². The fourth-order valence-electron chi connectivity index (χ4n) is 3.13. The lowest BCUT2D eigenvalue weighted by Crippen LogP contribution is -2.45. The molecule has 3 nitrogen and oxygen atoms in total.